The first-order valence-corrected chi connectivity index (χ1v) is 5.03. The molecule has 0 fully saturated rings. The molecule has 0 saturated carbocycles. The van der Waals surface area contributed by atoms with E-state index in [4.69, 9.17) is 11.5 Å². The molecule has 2 rings (SSSR count). The third kappa shape index (κ3) is 2.39. The number of allylic oxidation sites excluding steroid dienone is 3. The Morgan fingerprint density at radius 1 is 1.06 bits per heavy atom. The summed E-state index contributed by atoms with van der Waals surface area (Å²) in [6.07, 6.45) is 8.99. The molecule has 0 aromatic heterocycles. The Labute approximate surface area is 94.4 Å². The van der Waals surface area contributed by atoms with Crippen molar-refractivity contribution < 1.29 is 5.11 Å². The molecule has 1 aromatic carbocycles. The maximum absolute atomic E-state index is 9.60. The van der Waals surface area contributed by atoms with Crippen molar-refractivity contribution in [1.82, 2.24) is 0 Å². The molecule has 0 unspecified atom stereocenters. The van der Waals surface area contributed by atoms with Crippen molar-refractivity contribution in [2.75, 3.05) is 0 Å². The minimum absolute atomic E-state index is 0.258. The Balaban J connectivity index is 2.29. The number of nitrogens with two attached hydrogens (primary N) is 2. The molecule has 0 aliphatic heterocycles. The largest absolute Gasteiger partial charge is 0.507 e. The van der Waals surface area contributed by atoms with E-state index in [2.05, 4.69) is 0 Å². The van der Waals surface area contributed by atoms with Crippen molar-refractivity contribution in [2.24, 2.45) is 11.5 Å². The number of benzene rings is 1. The lowest BCUT2D eigenvalue weighted by molar-refractivity contribution is 0.474. The van der Waals surface area contributed by atoms with Gasteiger partial charge in [-0.3, -0.25) is 0 Å². The molecule has 0 saturated heterocycles. The quantitative estimate of drug-likeness (QED) is 0.620. The van der Waals surface area contributed by atoms with Gasteiger partial charge in [0.1, 0.15) is 11.4 Å². The molecular weight excluding hydrogens is 200 g/mol. The second kappa shape index (κ2) is 3.96. The number of phenols is 1. The molecule has 1 aliphatic carbocycles. The summed E-state index contributed by atoms with van der Waals surface area (Å²) in [6.45, 7) is 0. The monoisotopic (exact) mass is 214 g/mol. The summed E-state index contributed by atoms with van der Waals surface area (Å²) >= 11 is 0. The molecule has 82 valence electrons. The number of hydrogen-bond donors (Lipinski definition) is 3. The maximum Gasteiger partial charge on any atom is 0.122 e. The summed E-state index contributed by atoms with van der Waals surface area (Å²) in [5.74, 6) is 0.258. The van der Waals surface area contributed by atoms with Crippen molar-refractivity contribution in [3.63, 3.8) is 0 Å². The minimum Gasteiger partial charge on any atom is -0.507 e. The summed E-state index contributed by atoms with van der Waals surface area (Å²) in [5.41, 5.74) is 12.2. The second-order valence-electron chi connectivity index (χ2n) is 3.87. The summed E-state index contributed by atoms with van der Waals surface area (Å²) in [4.78, 5) is 0. The highest BCUT2D eigenvalue weighted by Gasteiger charge is 2.12. The van der Waals surface area contributed by atoms with Crippen LogP contribution in [0.4, 0.5) is 0 Å². The Bertz CT molecular complexity index is 466. The molecule has 0 amide bonds. The molecule has 0 radical (unpaired) electrons. The normalized spacial score (nSPS) is 17.5. The van der Waals surface area contributed by atoms with E-state index in [-0.39, 0.29) is 5.75 Å². The summed E-state index contributed by atoms with van der Waals surface area (Å²) in [6, 6.07) is 7.16. The molecule has 1 aromatic rings. The smallest absolute Gasteiger partial charge is 0.122 e. The summed E-state index contributed by atoms with van der Waals surface area (Å²) in [7, 11) is 0. The van der Waals surface area contributed by atoms with E-state index in [1.165, 1.54) is 0 Å². The van der Waals surface area contributed by atoms with Crippen molar-refractivity contribution in [2.45, 2.75) is 5.66 Å². The van der Waals surface area contributed by atoms with Crippen LogP contribution in [0.1, 0.15) is 5.56 Å². The van der Waals surface area contributed by atoms with Gasteiger partial charge >= 0.3 is 0 Å². The van der Waals surface area contributed by atoms with Crippen LogP contribution in [0.3, 0.4) is 0 Å². The minimum atomic E-state index is -0.865. The number of phenolic OH excluding ortho intramolecular Hbond substituents is 1. The molecule has 16 heavy (non-hydrogen) atoms. The lowest BCUT2D eigenvalue weighted by Gasteiger charge is -2.18. The predicted molar refractivity (Wildman–Crippen MR) is 65.5 cm³/mol. The van der Waals surface area contributed by atoms with Crippen LogP contribution in [0.5, 0.6) is 5.75 Å². The van der Waals surface area contributed by atoms with Crippen LogP contribution in [0, 0.1) is 0 Å². The number of aromatic hydroxyl groups is 1. The molecule has 1 aliphatic rings. The van der Waals surface area contributed by atoms with Gasteiger partial charge in [-0.05, 0) is 29.9 Å². The average molecular weight is 214 g/mol. The topological polar surface area (TPSA) is 72.3 Å². The van der Waals surface area contributed by atoms with Gasteiger partial charge in [0, 0.05) is 5.56 Å². The average Bonchev–Trinajstić information content (AvgIpc) is 2.24. The molecule has 3 heteroatoms. The fourth-order valence-corrected chi connectivity index (χ4v) is 1.48. The number of para-hydroxylation sites is 1. The van der Waals surface area contributed by atoms with E-state index in [1.807, 2.05) is 30.4 Å². The molecule has 0 bridgehead atoms. The van der Waals surface area contributed by atoms with Crippen molar-refractivity contribution >= 4 is 6.08 Å². The van der Waals surface area contributed by atoms with Gasteiger partial charge in [0.15, 0.2) is 0 Å². The van der Waals surface area contributed by atoms with Crippen LogP contribution in [0.2, 0.25) is 0 Å². The predicted octanol–water partition coefficient (Wildman–Crippen LogP) is 1.52. The Hall–Kier alpha value is -1.84. The first kappa shape index (κ1) is 10.7. The number of rotatable bonds is 1. The van der Waals surface area contributed by atoms with E-state index < -0.39 is 5.66 Å². The second-order valence-corrected chi connectivity index (χ2v) is 3.87. The van der Waals surface area contributed by atoms with Crippen molar-refractivity contribution in [3.05, 3.63) is 59.7 Å². The highest BCUT2D eigenvalue weighted by molar-refractivity contribution is 5.65. The number of hydrogen-bond acceptors (Lipinski definition) is 3. The van der Waals surface area contributed by atoms with Gasteiger partial charge in [-0.1, -0.05) is 30.4 Å². The van der Waals surface area contributed by atoms with Gasteiger partial charge in [-0.15, -0.1) is 0 Å². The summed E-state index contributed by atoms with van der Waals surface area (Å²) < 4.78 is 0. The van der Waals surface area contributed by atoms with Gasteiger partial charge in [-0.25, -0.2) is 0 Å². The Morgan fingerprint density at radius 3 is 2.31 bits per heavy atom. The standard InChI is InChI=1S/C13H14N2O/c14-13(15)7-5-10(6-8-13)9-11-3-1-2-4-12(11)16/h1-9,16H,14-15H2. The first-order chi connectivity index (χ1) is 7.57. The fourth-order valence-electron chi connectivity index (χ4n) is 1.48. The molecule has 0 spiro atoms. The van der Waals surface area contributed by atoms with E-state index in [0.717, 1.165) is 11.1 Å². The Morgan fingerprint density at radius 2 is 1.69 bits per heavy atom. The molecule has 5 N–H and O–H groups in total. The van der Waals surface area contributed by atoms with E-state index >= 15 is 0 Å². The Kier molecular flexibility index (Phi) is 2.64. The highest BCUT2D eigenvalue weighted by atomic mass is 16.3. The van der Waals surface area contributed by atoms with Crippen molar-refractivity contribution in [3.8, 4) is 5.75 Å². The first-order valence-electron chi connectivity index (χ1n) is 5.03. The zero-order valence-corrected chi connectivity index (χ0v) is 8.80. The van der Waals surface area contributed by atoms with Crippen LogP contribution in [-0.4, -0.2) is 10.8 Å². The molecule has 0 heterocycles. The lowest BCUT2D eigenvalue weighted by Crippen LogP contribution is -2.45. The maximum atomic E-state index is 9.60. The third-order valence-electron chi connectivity index (χ3n) is 2.39. The van der Waals surface area contributed by atoms with Gasteiger partial charge in [-0.2, -0.15) is 0 Å². The summed E-state index contributed by atoms with van der Waals surface area (Å²) in [5, 5.41) is 9.60. The van der Waals surface area contributed by atoms with Gasteiger partial charge in [0.25, 0.3) is 0 Å². The van der Waals surface area contributed by atoms with Gasteiger partial charge in [0.05, 0.1) is 0 Å². The third-order valence-corrected chi connectivity index (χ3v) is 2.39. The van der Waals surface area contributed by atoms with Crippen LogP contribution in [0.15, 0.2) is 54.1 Å². The zero-order chi connectivity index (χ0) is 11.6. The molecule has 0 atom stereocenters. The van der Waals surface area contributed by atoms with Gasteiger partial charge in [0.2, 0.25) is 0 Å². The SMILES string of the molecule is NC1(N)C=CC(=Cc2ccccc2O)C=C1. The van der Waals surface area contributed by atoms with Crippen molar-refractivity contribution in [1.29, 1.82) is 0 Å². The van der Waals surface area contributed by atoms with Crippen LogP contribution in [-0.2, 0) is 0 Å². The van der Waals surface area contributed by atoms with E-state index in [0.29, 0.717) is 0 Å². The van der Waals surface area contributed by atoms with Crippen LogP contribution >= 0.6 is 0 Å². The zero-order valence-electron chi connectivity index (χ0n) is 8.80. The van der Waals surface area contributed by atoms with Crippen LogP contribution < -0.4 is 11.5 Å². The molecular formula is C13H14N2O. The van der Waals surface area contributed by atoms with Crippen LogP contribution in [0.25, 0.3) is 6.08 Å². The fraction of sp³-hybridized carbons (Fsp3) is 0.0769. The van der Waals surface area contributed by atoms with Gasteiger partial charge < -0.3 is 16.6 Å². The van der Waals surface area contributed by atoms with E-state index in [1.54, 1.807) is 24.3 Å². The lowest BCUT2D eigenvalue weighted by atomic mass is 10.00. The highest BCUT2D eigenvalue weighted by Crippen LogP contribution is 2.21. The molecule has 3 nitrogen and oxygen atoms in total. The van der Waals surface area contributed by atoms with E-state index in [9.17, 15) is 5.11 Å².